The van der Waals surface area contributed by atoms with Crippen molar-refractivity contribution in [2.24, 2.45) is 17.5 Å². The van der Waals surface area contributed by atoms with Gasteiger partial charge >= 0.3 is 0 Å². The zero-order valence-corrected chi connectivity index (χ0v) is 18.1. The molecule has 0 aromatic carbocycles. The first-order valence-corrected chi connectivity index (χ1v) is 9.11. The maximum atomic E-state index is 5.61. The van der Waals surface area contributed by atoms with E-state index < -0.39 is 0 Å². The molecule has 148 valence electrons. The van der Waals surface area contributed by atoms with E-state index in [-0.39, 0.29) is 24.0 Å². The van der Waals surface area contributed by atoms with Crippen LogP contribution < -0.4 is 10.6 Å². The number of nitrogens with zero attached hydrogens (tertiary/aromatic N) is 6. The summed E-state index contributed by atoms with van der Waals surface area (Å²) >= 11 is 0. The molecule has 1 spiro atoms. The minimum absolute atomic E-state index is 0. The lowest BCUT2D eigenvalue weighted by molar-refractivity contribution is 0.156. The maximum Gasteiger partial charge on any atom is 0.193 e. The van der Waals surface area contributed by atoms with Gasteiger partial charge in [-0.25, -0.2) is 9.97 Å². The van der Waals surface area contributed by atoms with Crippen LogP contribution >= 0.6 is 24.0 Å². The normalized spacial score (nSPS) is 22.4. The first kappa shape index (κ1) is 20.1. The second kappa shape index (κ2) is 8.55. The van der Waals surface area contributed by atoms with Crippen LogP contribution in [0.1, 0.15) is 12.8 Å². The van der Waals surface area contributed by atoms with Crippen molar-refractivity contribution in [3.63, 3.8) is 0 Å². The fourth-order valence-electron chi connectivity index (χ4n) is 3.88. The van der Waals surface area contributed by atoms with Crippen molar-refractivity contribution in [3.05, 3.63) is 12.5 Å². The van der Waals surface area contributed by atoms with E-state index in [1.165, 1.54) is 6.42 Å². The highest BCUT2D eigenvalue weighted by Gasteiger charge is 2.42. The Kier molecular flexibility index (Phi) is 6.35. The summed E-state index contributed by atoms with van der Waals surface area (Å²) in [6, 6.07) is 0. The number of rotatable bonds is 4. The predicted molar refractivity (Wildman–Crippen MR) is 116 cm³/mol. The van der Waals surface area contributed by atoms with E-state index >= 15 is 0 Å². The molecule has 2 aromatic rings. The number of aryl methyl sites for hydroxylation is 1. The average Bonchev–Trinajstić information content (AvgIpc) is 3.38. The molecule has 2 aliphatic heterocycles. The standard InChI is InChI=1S/C17H26N8O.HI/c1-18-16(25-7-3-17(10-25)4-8-26-11-17)20-6-5-19-14-13-9-23-24(2)15(13)22-12-21-14;/h9,12H,3-8,10-11H2,1-2H3,(H,18,20)(H,19,21,22);1H. The molecule has 9 nitrogen and oxygen atoms in total. The molecule has 0 amide bonds. The SMILES string of the molecule is CN=C(NCCNc1ncnc2c1cnn2C)N1CCC2(CCOC2)C1.I. The van der Waals surface area contributed by atoms with Crippen LogP contribution in [0.5, 0.6) is 0 Å². The van der Waals surface area contributed by atoms with Crippen molar-refractivity contribution in [1.82, 2.24) is 30.0 Å². The molecule has 1 unspecified atom stereocenters. The smallest absolute Gasteiger partial charge is 0.193 e. The van der Waals surface area contributed by atoms with Gasteiger partial charge in [0.2, 0.25) is 0 Å². The molecule has 0 radical (unpaired) electrons. The summed E-state index contributed by atoms with van der Waals surface area (Å²) in [5.74, 6) is 1.77. The third kappa shape index (κ3) is 4.10. The Balaban J connectivity index is 0.00000210. The second-order valence-corrected chi connectivity index (χ2v) is 7.10. The number of guanidine groups is 1. The van der Waals surface area contributed by atoms with Gasteiger partial charge in [-0.3, -0.25) is 9.67 Å². The van der Waals surface area contributed by atoms with Gasteiger partial charge < -0.3 is 20.3 Å². The molecule has 2 aromatic heterocycles. The van der Waals surface area contributed by atoms with E-state index in [0.29, 0.717) is 5.41 Å². The number of ether oxygens (including phenoxy) is 1. The number of likely N-dealkylation sites (tertiary alicyclic amines) is 1. The van der Waals surface area contributed by atoms with Gasteiger partial charge in [-0.05, 0) is 12.8 Å². The van der Waals surface area contributed by atoms with Crippen molar-refractivity contribution in [3.8, 4) is 0 Å². The van der Waals surface area contributed by atoms with Gasteiger partial charge in [0.1, 0.15) is 12.1 Å². The first-order valence-electron chi connectivity index (χ1n) is 9.11. The number of nitrogens with one attached hydrogen (secondary N) is 2. The highest BCUT2D eigenvalue weighted by molar-refractivity contribution is 14.0. The van der Waals surface area contributed by atoms with Gasteiger partial charge in [0.05, 0.1) is 18.2 Å². The molecule has 2 fully saturated rings. The fraction of sp³-hybridized carbons (Fsp3) is 0.647. The van der Waals surface area contributed by atoms with E-state index in [0.717, 1.165) is 68.6 Å². The fourth-order valence-corrected chi connectivity index (χ4v) is 3.88. The van der Waals surface area contributed by atoms with Gasteiger partial charge in [-0.2, -0.15) is 5.10 Å². The Morgan fingerprint density at radius 3 is 3.00 bits per heavy atom. The summed E-state index contributed by atoms with van der Waals surface area (Å²) in [7, 11) is 3.72. The maximum absolute atomic E-state index is 5.61. The lowest BCUT2D eigenvalue weighted by Crippen LogP contribution is -2.43. The molecule has 2 N–H and O–H groups in total. The highest BCUT2D eigenvalue weighted by atomic mass is 127. The first-order chi connectivity index (χ1) is 12.7. The van der Waals surface area contributed by atoms with E-state index in [4.69, 9.17) is 4.74 Å². The van der Waals surface area contributed by atoms with Crippen LogP contribution in [-0.2, 0) is 11.8 Å². The Bertz CT molecular complexity index is 801. The zero-order chi connectivity index (χ0) is 18.0. The molecule has 27 heavy (non-hydrogen) atoms. The quantitative estimate of drug-likeness (QED) is 0.289. The lowest BCUT2D eigenvalue weighted by atomic mass is 9.87. The predicted octanol–water partition coefficient (Wildman–Crippen LogP) is 1.08. The molecule has 0 saturated carbocycles. The minimum Gasteiger partial charge on any atom is -0.381 e. The molecule has 10 heteroatoms. The third-order valence-electron chi connectivity index (χ3n) is 5.36. The Labute approximate surface area is 176 Å². The summed E-state index contributed by atoms with van der Waals surface area (Å²) in [6.45, 7) is 5.35. The largest absolute Gasteiger partial charge is 0.381 e. The van der Waals surface area contributed by atoms with Gasteiger partial charge in [-0.15, -0.1) is 24.0 Å². The van der Waals surface area contributed by atoms with E-state index in [1.807, 2.05) is 14.1 Å². The molecule has 1 atom stereocenters. The van der Waals surface area contributed by atoms with Crippen LogP contribution in [0.15, 0.2) is 17.5 Å². The van der Waals surface area contributed by atoms with Crippen LogP contribution in [0.3, 0.4) is 0 Å². The summed E-state index contributed by atoms with van der Waals surface area (Å²) in [5.41, 5.74) is 1.16. The topological polar surface area (TPSA) is 92.5 Å². The molecular weight excluding hydrogens is 459 g/mol. The van der Waals surface area contributed by atoms with Gasteiger partial charge in [0.25, 0.3) is 0 Å². The monoisotopic (exact) mass is 486 g/mol. The van der Waals surface area contributed by atoms with E-state index in [2.05, 4.69) is 35.6 Å². The Morgan fingerprint density at radius 1 is 1.33 bits per heavy atom. The number of anilines is 1. The van der Waals surface area contributed by atoms with E-state index in [9.17, 15) is 0 Å². The number of halogens is 1. The molecule has 0 bridgehead atoms. The summed E-state index contributed by atoms with van der Waals surface area (Å²) in [4.78, 5) is 15.4. The van der Waals surface area contributed by atoms with Crippen LogP contribution in [0.2, 0.25) is 0 Å². The van der Waals surface area contributed by atoms with Crippen LogP contribution in [-0.4, -0.2) is 77.0 Å². The number of hydrogen-bond acceptors (Lipinski definition) is 6. The van der Waals surface area contributed by atoms with Gasteiger partial charge in [-0.1, -0.05) is 0 Å². The highest BCUT2D eigenvalue weighted by Crippen LogP contribution is 2.38. The Hall–Kier alpha value is -1.69. The summed E-state index contributed by atoms with van der Waals surface area (Å²) in [6.07, 6.45) is 5.70. The molecule has 2 saturated heterocycles. The number of hydrogen-bond donors (Lipinski definition) is 2. The summed E-state index contributed by atoms with van der Waals surface area (Å²) < 4.78 is 7.36. The minimum atomic E-state index is 0. The van der Waals surface area contributed by atoms with Crippen LogP contribution in [0.4, 0.5) is 5.82 Å². The molecule has 2 aliphatic rings. The molecular formula is C17H27IN8O. The Morgan fingerprint density at radius 2 is 2.22 bits per heavy atom. The van der Waals surface area contributed by atoms with Crippen molar-refractivity contribution in [2.45, 2.75) is 12.8 Å². The number of aromatic nitrogens is 4. The lowest BCUT2D eigenvalue weighted by Gasteiger charge is -2.25. The number of aliphatic imine (C=N–C) groups is 1. The third-order valence-corrected chi connectivity index (χ3v) is 5.36. The van der Waals surface area contributed by atoms with E-state index in [1.54, 1.807) is 17.2 Å². The summed E-state index contributed by atoms with van der Waals surface area (Å²) in [5, 5.41) is 12.0. The van der Waals surface area contributed by atoms with Crippen molar-refractivity contribution in [1.29, 1.82) is 0 Å². The zero-order valence-electron chi connectivity index (χ0n) is 15.8. The molecule has 0 aliphatic carbocycles. The van der Waals surface area contributed by atoms with Gasteiger partial charge in [0, 0.05) is 52.3 Å². The average molecular weight is 486 g/mol. The molecule has 4 heterocycles. The van der Waals surface area contributed by atoms with Crippen LogP contribution in [0.25, 0.3) is 11.0 Å². The van der Waals surface area contributed by atoms with Crippen molar-refractivity contribution in [2.75, 3.05) is 51.8 Å². The van der Waals surface area contributed by atoms with Gasteiger partial charge in [0.15, 0.2) is 11.6 Å². The van der Waals surface area contributed by atoms with Crippen molar-refractivity contribution >= 4 is 46.8 Å². The molecule has 4 rings (SSSR count). The van der Waals surface area contributed by atoms with Crippen LogP contribution in [0, 0.1) is 5.41 Å². The second-order valence-electron chi connectivity index (χ2n) is 7.10. The number of fused-ring (bicyclic) bond motifs is 1. The van der Waals surface area contributed by atoms with Crippen molar-refractivity contribution < 1.29 is 4.74 Å².